The van der Waals surface area contributed by atoms with Crippen molar-refractivity contribution in [2.45, 2.75) is 25.9 Å². The number of fused-ring (bicyclic) bond motifs is 1. The molecule has 25 heavy (non-hydrogen) atoms. The van der Waals surface area contributed by atoms with Gasteiger partial charge in [0.05, 0.1) is 5.52 Å². The van der Waals surface area contributed by atoms with Gasteiger partial charge >= 0.3 is 5.69 Å². The minimum atomic E-state index is -0.625. The van der Waals surface area contributed by atoms with Gasteiger partial charge in [0.25, 0.3) is 5.56 Å². The van der Waals surface area contributed by atoms with Crippen LogP contribution in [0.2, 0.25) is 0 Å². The van der Waals surface area contributed by atoms with Gasteiger partial charge in [-0.05, 0) is 29.9 Å². The maximum Gasteiger partial charge on any atom is 0.328 e. The summed E-state index contributed by atoms with van der Waals surface area (Å²) in [6.07, 6.45) is 2.43. The summed E-state index contributed by atoms with van der Waals surface area (Å²) >= 11 is 2.84. The van der Waals surface area contributed by atoms with E-state index in [1.807, 2.05) is 6.26 Å². The van der Waals surface area contributed by atoms with Crippen molar-refractivity contribution in [2.75, 3.05) is 18.6 Å². The lowest BCUT2D eigenvalue weighted by Gasteiger charge is -2.17. The first-order valence-electron chi connectivity index (χ1n) is 7.68. The predicted molar refractivity (Wildman–Crippen MR) is 100 cm³/mol. The van der Waals surface area contributed by atoms with E-state index < -0.39 is 11.7 Å². The highest BCUT2D eigenvalue weighted by atomic mass is 32.2. The summed E-state index contributed by atoms with van der Waals surface area (Å²) in [5.41, 5.74) is -0.363. The smallest absolute Gasteiger partial charge is 0.328 e. The summed E-state index contributed by atoms with van der Waals surface area (Å²) in [6, 6.07) is 1.05. The zero-order valence-corrected chi connectivity index (χ0v) is 15.6. The number of thioether (sulfide) groups is 1. The largest absolute Gasteiger partial charge is 0.353 e. The van der Waals surface area contributed by atoms with Gasteiger partial charge in [-0.15, -0.1) is 11.3 Å². The number of aromatic nitrogens is 2. The number of nitrogens with zero attached hydrogens (tertiary/aromatic N) is 1. The van der Waals surface area contributed by atoms with Crippen LogP contribution in [-0.4, -0.2) is 46.0 Å². The summed E-state index contributed by atoms with van der Waals surface area (Å²) in [4.78, 5) is 50.3. The molecule has 8 nitrogen and oxygen atoms in total. The molecule has 2 rings (SSSR count). The molecule has 0 aliphatic heterocycles. The molecule has 0 bridgehead atoms. The molecule has 0 fully saturated rings. The number of nitrogens with one attached hydrogen (secondary N) is 3. The molecule has 1 unspecified atom stereocenters. The Kier molecular flexibility index (Phi) is 6.82. The molecular formula is C15H20N4O4S2. The zero-order chi connectivity index (χ0) is 18.4. The number of hydrogen-bond acceptors (Lipinski definition) is 6. The van der Waals surface area contributed by atoms with E-state index in [1.165, 1.54) is 18.3 Å². The van der Waals surface area contributed by atoms with Crippen molar-refractivity contribution in [3.05, 3.63) is 32.3 Å². The number of amides is 2. The normalized spacial score (nSPS) is 12.1. The summed E-state index contributed by atoms with van der Waals surface area (Å²) in [6.45, 7) is 1.53. The third-order valence-corrected chi connectivity index (χ3v) is 5.08. The lowest BCUT2D eigenvalue weighted by atomic mass is 10.2. The van der Waals surface area contributed by atoms with Crippen molar-refractivity contribution in [1.29, 1.82) is 0 Å². The van der Waals surface area contributed by atoms with Gasteiger partial charge in [-0.2, -0.15) is 11.8 Å². The van der Waals surface area contributed by atoms with Gasteiger partial charge in [-0.1, -0.05) is 0 Å². The second kappa shape index (κ2) is 8.86. The summed E-state index contributed by atoms with van der Waals surface area (Å²) in [5, 5.41) is 7.01. The Morgan fingerprint density at radius 2 is 2.16 bits per heavy atom. The maximum absolute atomic E-state index is 12.3. The van der Waals surface area contributed by atoms with E-state index in [1.54, 1.807) is 23.2 Å². The first-order valence-corrected chi connectivity index (χ1v) is 9.95. The molecule has 0 aliphatic rings. The van der Waals surface area contributed by atoms with Crippen LogP contribution in [0.1, 0.15) is 13.3 Å². The van der Waals surface area contributed by atoms with Gasteiger partial charge in [0, 0.05) is 20.0 Å². The van der Waals surface area contributed by atoms with Crippen molar-refractivity contribution in [1.82, 2.24) is 20.2 Å². The van der Waals surface area contributed by atoms with Crippen LogP contribution in [0, 0.1) is 0 Å². The van der Waals surface area contributed by atoms with Crippen LogP contribution in [0.15, 0.2) is 21.0 Å². The van der Waals surface area contributed by atoms with Crippen LogP contribution in [0.25, 0.3) is 10.2 Å². The van der Waals surface area contributed by atoms with Crippen LogP contribution in [0.3, 0.4) is 0 Å². The molecule has 10 heteroatoms. The number of rotatable bonds is 8. The number of H-pyrrole nitrogens is 1. The lowest BCUT2D eigenvalue weighted by molar-refractivity contribution is -0.128. The molecule has 3 N–H and O–H groups in total. The monoisotopic (exact) mass is 384 g/mol. The number of carbonyl (C=O) groups excluding carboxylic acids is 2. The van der Waals surface area contributed by atoms with Gasteiger partial charge in [0.1, 0.15) is 10.7 Å². The second-order valence-electron chi connectivity index (χ2n) is 5.38. The maximum atomic E-state index is 12.3. The topological polar surface area (TPSA) is 113 Å². The predicted octanol–water partition coefficient (Wildman–Crippen LogP) is 0.125. The molecule has 0 aromatic carbocycles. The van der Waals surface area contributed by atoms with Gasteiger partial charge in [-0.3, -0.25) is 19.0 Å². The Bertz CT molecular complexity index is 870. The van der Waals surface area contributed by atoms with E-state index in [4.69, 9.17) is 0 Å². The number of hydrogen-bond donors (Lipinski definition) is 3. The third-order valence-electron chi connectivity index (χ3n) is 3.53. The fraction of sp³-hybridized carbons (Fsp3) is 0.467. The standard InChI is InChI=1S/C15H20N4O4S2/c1-9(20)17-11(3-7-24-2)13(21)16-5-6-19-14(22)12-10(4-8-25-12)18-15(19)23/h4,8,11H,3,5-7H2,1-2H3,(H,16,21)(H,17,20)(H,18,23). The molecule has 1 atom stereocenters. The molecule has 0 spiro atoms. The molecule has 2 heterocycles. The van der Waals surface area contributed by atoms with Crippen molar-refractivity contribution in [3.8, 4) is 0 Å². The summed E-state index contributed by atoms with van der Waals surface area (Å²) < 4.78 is 1.54. The minimum absolute atomic E-state index is 0.0586. The van der Waals surface area contributed by atoms with Crippen LogP contribution in [0.4, 0.5) is 0 Å². The van der Waals surface area contributed by atoms with Crippen molar-refractivity contribution in [3.63, 3.8) is 0 Å². The molecule has 0 radical (unpaired) electrons. The van der Waals surface area contributed by atoms with Crippen molar-refractivity contribution in [2.24, 2.45) is 0 Å². The average Bonchev–Trinajstić information content (AvgIpc) is 3.02. The number of aromatic amines is 1. The highest BCUT2D eigenvalue weighted by Gasteiger charge is 2.18. The highest BCUT2D eigenvalue weighted by Crippen LogP contribution is 2.11. The molecular weight excluding hydrogens is 364 g/mol. The van der Waals surface area contributed by atoms with E-state index in [-0.39, 0.29) is 30.5 Å². The Morgan fingerprint density at radius 1 is 1.40 bits per heavy atom. The fourth-order valence-electron chi connectivity index (χ4n) is 2.34. The molecule has 2 aromatic rings. The summed E-state index contributed by atoms with van der Waals surface area (Å²) in [5.74, 6) is 0.120. The van der Waals surface area contributed by atoms with E-state index >= 15 is 0 Å². The Balaban J connectivity index is 2.01. The van der Waals surface area contributed by atoms with Crippen molar-refractivity contribution < 1.29 is 9.59 Å². The first-order chi connectivity index (χ1) is 11.9. The van der Waals surface area contributed by atoms with E-state index in [0.29, 0.717) is 16.6 Å². The lowest BCUT2D eigenvalue weighted by Crippen LogP contribution is -2.48. The highest BCUT2D eigenvalue weighted by molar-refractivity contribution is 7.98. The molecule has 0 aliphatic carbocycles. The SMILES string of the molecule is CSCCC(NC(C)=O)C(=O)NCCn1c(=O)[nH]c2ccsc2c1=O. The number of thiophene rings is 1. The van der Waals surface area contributed by atoms with Gasteiger partial charge in [0.15, 0.2) is 0 Å². The van der Waals surface area contributed by atoms with Crippen LogP contribution in [0.5, 0.6) is 0 Å². The molecule has 2 amide bonds. The molecule has 0 saturated heterocycles. The van der Waals surface area contributed by atoms with Crippen LogP contribution >= 0.6 is 23.1 Å². The zero-order valence-electron chi connectivity index (χ0n) is 14.0. The second-order valence-corrected chi connectivity index (χ2v) is 7.28. The van der Waals surface area contributed by atoms with E-state index in [2.05, 4.69) is 15.6 Å². The Hall–Kier alpha value is -2.07. The van der Waals surface area contributed by atoms with E-state index in [9.17, 15) is 19.2 Å². The van der Waals surface area contributed by atoms with E-state index in [0.717, 1.165) is 10.3 Å². The third kappa shape index (κ3) is 4.95. The minimum Gasteiger partial charge on any atom is -0.353 e. The Morgan fingerprint density at radius 3 is 2.84 bits per heavy atom. The van der Waals surface area contributed by atoms with Crippen LogP contribution < -0.4 is 21.9 Å². The van der Waals surface area contributed by atoms with Gasteiger partial charge < -0.3 is 15.6 Å². The van der Waals surface area contributed by atoms with Gasteiger partial charge in [0.2, 0.25) is 11.8 Å². The molecule has 136 valence electrons. The Labute approximate surface area is 152 Å². The van der Waals surface area contributed by atoms with Crippen LogP contribution in [-0.2, 0) is 16.1 Å². The van der Waals surface area contributed by atoms with Crippen molar-refractivity contribution >= 4 is 45.1 Å². The molecule has 2 aromatic heterocycles. The van der Waals surface area contributed by atoms with Gasteiger partial charge in [-0.25, -0.2) is 4.79 Å². The average molecular weight is 384 g/mol. The fourth-order valence-corrected chi connectivity index (χ4v) is 3.61. The number of carbonyl (C=O) groups is 2. The molecule has 0 saturated carbocycles. The summed E-state index contributed by atoms with van der Waals surface area (Å²) in [7, 11) is 0. The quantitative estimate of drug-likeness (QED) is 0.599. The first kappa shape index (κ1) is 19.3.